The van der Waals surface area contributed by atoms with Crippen molar-refractivity contribution in [1.82, 2.24) is 0 Å². The standard InChI is InChI=1S/C13H15FO4/c1-17-10-5-3-4-9(14)11(10)13(12(16)18-2)6-8(15)7-13/h3-5,8,15H,6-7H2,1-2H3. The van der Waals surface area contributed by atoms with Crippen molar-refractivity contribution in [2.24, 2.45) is 0 Å². The zero-order chi connectivity index (χ0) is 13.3. The lowest BCUT2D eigenvalue weighted by Crippen LogP contribution is -2.51. The molecule has 0 unspecified atom stereocenters. The van der Waals surface area contributed by atoms with Gasteiger partial charge in [0, 0.05) is 5.56 Å². The third-order valence-electron chi connectivity index (χ3n) is 3.42. The number of esters is 1. The monoisotopic (exact) mass is 254 g/mol. The first-order valence-electron chi connectivity index (χ1n) is 5.64. The fraction of sp³-hybridized carbons (Fsp3) is 0.462. The van der Waals surface area contributed by atoms with Crippen LogP contribution >= 0.6 is 0 Å². The van der Waals surface area contributed by atoms with Crippen LogP contribution in [0.1, 0.15) is 18.4 Å². The van der Waals surface area contributed by atoms with Gasteiger partial charge in [-0.1, -0.05) is 6.07 Å². The van der Waals surface area contributed by atoms with Crippen molar-refractivity contribution in [3.8, 4) is 5.75 Å². The lowest BCUT2D eigenvalue weighted by Gasteiger charge is -2.43. The number of hydrogen-bond acceptors (Lipinski definition) is 4. The summed E-state index contributed by atoms with van der Waals surface area (Å²) >= 11 is 0. The van der Waals surface area contributed by atoms with E-state index in [9.17, 15) is 14.3 Å². The fourth-order valence-electron chi connectivity index (χ4n) is 2.55. The van der Waals surface area contributed by atoms with Gasteiger partial charge in [-0.2, -0.15) is 0 Å². The van der Waals surface area contributed by atoms with Gasteiger partial charge in [0.25, 0.3) is 0 Å². The van der Waals surface area contributed by atoms with Gasteiger partial charge in [-0.25, -0.2) is 4.39 Å². The van der Waals surface area contributed by atoms with E-state index in [1.165, 1.54) is 26.4 Å². The van der Waals surface area contributed by atoms with Crippen LogP contribution in [-0.4, -0.2) is 31.4 Å². The fourth-order valence-corrected chi connectivity index (χ4v) is 2.55. The molecule has 18 heavy (non-hydrogen) atoms. The molecule has 1 aliphatic rings. The van der Waals surface area contributed by atoms with Crippen LogP contribution < -0.4 is 4.74 Å². The Balaban J connectivity index is 2.54. The maximum absolute atomic E-state index is 14.0. The molecule has 0 atom stereocenters. The van der Waals surface area contributed by atoms with E-state index in [1.807, 2.05) is 0 Å². The van der Waals surface area contributed by atoms with Gasteiger partial charge in [0.1, 0.15) is 17.0 Å². The predicted molar refractivity (Wildman–Crippen MR) is 61.9 cm³/mol. The van der Waals surface area contributed by atoms with E-state index >= 15 is 0 Å². The number of benzene rings is 1. The SMILES string of the molecule is COC(=O)C1(c2c(F)cccc2OC)CC(O)C1. The van der Waals surface area contributed by atoms with E-state index in [0.717, 1.165) is 0 Å². The number of aliphatic hydroxyl groups is 1. The van der Waals surface area contributed by atoms with Crippen molar-refractivity contribution >= 4 is 5.97 Å². The van der Waals surface area contributed by atoms with E-state index in [-0.39, 0.29) is 18.4 Å². The zero-order valence-corrected chi connectivity index (χ0v) is 10.3. The highest BCUT2D eigenvalue weighted by Crippen LogP contribution is 2.49. The van der Waals surface area contributed by atoms with E-state index in [2.05, 4.69) is 0 Å². The molecule has 0 saturated heterocycles. The number of hydrogen-bond donors (Lipinski definition) is 1. The van der Waals surface area contributed by atoms with Crippen LogP contribution in [0.5, 0.6) is 5.75 Å². The summed E-state index contributed by atoms with van der Waals surface area (Å²) in [6.45, 7) is 0. The molecule has 0 spiro atoms. The Kier molecular flexibility index (Phi) is 3.26. The molecule has 0 aromatic heterocycles. The molecule has 98 valence electrons. The van der Waals surface area contributed by atoms with E-state index in [4.69, 9.17) is 9.47 Å². The molecule has 1 aromatic carbocycles. The number of carbonyl (C=O) groups is 1. The third kappa shape index (κ3) is 1.75. The van der Waals surface area contributed by atoms with Crippen LogP contribution in [0.4, 0.5) is 4.39 Å². The summed E-state index contributed by atoms with van der Waals surface area (Å²) in [7, 11) is 2.67. The normalized spacial score (nSPS) is 26.3. The first-order chi connectivity index (χ1) is 8.55. The van der Waals surface area contributed by atoms with Crippen molar-refractivity contribution in [3.63, 3.8) is 0 Å². The Morgan fingerprint density at radius 2 is 2.11 bits per heavy atom. The Morgan fingerprint density at radius 3 is 2.61 bits per heavy atom. The van der Waals surface area contributed by atoms with Crippen molar-refractivity contribution in [3.05, 3.63) is 29.6 Å². The second-order valence-corrected chi connectivity index (χ2v) is 4.45. The van der Waals surface area contributed by atoms with Gasteiger partial charge in [0.15, 0.2) is 0 Å². The quantitative estimate of drug-likeness (QED) is 0.828. The summed E-state index contributed by atoms with van der Waals surface area (Å²) in [6.07, 6.45) is -0.318. The highest BCUT2D eigenvalue weighted by atomic mass is 19.1. The van der Waals surface area contributed by atoms with Gasteiger partial charge < -0.3 is 14.6 Å². The van der Waals surface area contributed by atoms with Crippen LogP contribution in [0.2, 0.25) is 0 Å². The topological polar surface area (TPSA) is 55.8 Å². The lowest BCUT2D eigenvalue weighted by molar-refractivity contribution is -0.157. The first kappa shape index (κ1) is 12.8. The summed E-state index contributed by atoms with van der Waals surface area (Å²) in [5.74, 6) is -0.768. The molecule has 1 fully saturated rings. The minimum Gasteiger partial charge on any atom is -0.496 e. The number of halogens is 1. The maximum Gasteiger partial charge on any atom is 0.316 e. The van der Waals surface area contributed by atoms with Crippen LogP contribution in [0, 0.1) is 5.82 Å². The van der Waals surface area contributed by atoms with Gasteiger partial charge in [0.2, 0.25) is 0 Å². The summed E-state index contributed by atoms with van der Waals surface area (Å²) in [6, 6.07) is 4.37. The lowest BCUT2D eigenvalue weighted by atomic mass is 9.62. The molecule has 1 aromatic rings. The molecule has 1 N–H and O–H groups in total. The van der Waals surface area contributed by atoms with Crippen LogP contribution in [-0.2, 0) is 14.9 Å². The van der Waals surface area contributed by atoms with E-state index < -0.39 is 23.3 Å². The molecule has 0 amide bonds. The van der Waals surface area contributed by atoms with E-state index in [0.29, 0.717) is 5.75 Å². The Labute approximate surface area is 104 Å². The van der Waals surface area contributed by atoms with Crippen LogP contribution in [0.15, 0.2) is 18.2 Å². The average molecular weight is 254 g/mol. The van der Waals surface area contributed by atoms with Gasteiger partial charge >= 0.3 is 5.97 Å². The number of methoxy groups -OCH3 is 2. The summed E-state index contributed by atoms with van der Waals surface area (Å²) in [4.78, 5) is 11.9. The summed E-state index contributed by atoms with van der Waals surface area (Å²) in [5.41, 5.74) is -0.963. The van der Waals surface area contributed by atoms with Gasteiger partial charge in [-0.3, -0.25) is 4.79 Å². The van der Waals surface area contributed by atoms with Crippen molar-refractivity contribution < 1.29 is 23.8 Å². The molecule has 1 saturated carbocycles. The first-order valence-corrected chi connectivity index (χ1v) is 5.64. The van der Waals surface area contributed by atoms with Gasteiger partial charge in [0.05, 0.1) is 20.3 Å². The molecule has 0 radical (unpaired) electrons. The molecule has 5 heteroatoms. The van der Waals surface area contributed by atoms with E-state index in [1.54, 1.807) is 6.07 Å². The molecule has 0 bridgehead atoms. The van der Waals surface area contributed by atoms with Crippen LogP contribution in [0.25, 0.3) is 0 Å². The maximum atomic E-state index is 14.0. The largest absolute Gasteiger partial charge is 0.496 e. The highest BCUT2D eigenvalue weighted by molar-refractivity contribution is 5.85. The zero-order valence-electron chi connectivity index (χ0n) is 10.3. The third-order valence-corrected chi connectivity index (χ3v) is 3.42. The van der Waals surface area contributed by atoms with Crippen molar-refractivity contribution in [2.75, 3.05) is 14.2 Å². The summed E-state index contributed by atoms with van der Waals surface area (Å²) in [5, 5.41) is 9.47. The molecule has 2 rings (SSSR count). The van der Waals surface area contributed by atoms with Crippen molar-refractivity contribution in [2.45, 2.75) is 24.4 Å². The average Bonchev–Trinajstić information content (AvgIpc) is 2.33. The second-order valence-electron chi connectivity index (χ2n) is 4.45. The van der Waals surface area contributed by atoms with Crippen molar-refractivity contribution in [1.29, 1.82) is 0 Å². The molecule has 0 heterocycles. The molecule has 0 aliphatic heterocycles. The number of carbonyl (C=O) groups excluding carboxylic acids is 1. The Bertz CT molecular complexity index is 466. The van der Waals surface area contributed by atoms with Gasteiger partial charge in [-0.15, -0.1) is 0 Å². The predicted octanol–water partition coefficient (Wildman–Crippen LogP) is 1.40. The van der Waals surface area contributed by atoms with Crippen LogP contribution in [0.3, 0.4) is 0 Å². The number of ether oxygens (including phenoxy) is 2. The Morgan fingerprint density at radius 1 is 1.44 bits per heavy atom. The number of rotatable bonds is 3. The minimum absolute atomic E-state index is 0.150. The highest BCUT2D eigenvalue weighted by Gasteiger charge is 2.54. The number of aliphatic hydroxyl groups excluding tert-OH is 1. The second kappa shape index (κ2) is 4.57. The Hall–Kier alpha value is -1.62. The summed E-state index contributed by atoms with van der Waals surface area (Å²) < 4.78 is 23.9. The minimum atomic E-state index is -1.13. The molecule has 1 aliphatic carbocycles. The molecule has 4 nitrogen and oxygen atoms in total. The smallest absolute Gasteiger partial charge is 0.316 e. The van der Waals surface area contributed by atoms with Gasteiger partial charge in [-0.05, 0) is 25.0 Å². The molecular formula is C13H15FO4. The molecular weight excluding hydrogens is 239 g/mol.